The molecule has 0 aromatic heterocycles. The zero-order valence-electron chi connectivity index (χ0n) is 10.4. The number of rotatable bonds is 3. The quantitative estimate of drug-likeness (QED) is 0.741. The zero-order valence-corrected chi connectivity index (χ0v) is 11.2. The van der Waals surface area contributed by atoms with Gasteiger partial charge in [-0.1, -0.05) is 0 Å². The van der Waals surface area contributed by atoms with E-state index < -0.39 is 10.0 Å². The van der Waals surface area contributed by atoms with Crippen LogP contribution in [-0.2, 0) is 14.8 Å². The SMILES string of the molecule is NS(=O)(=O)c1ccc(NC(=O)[C@@H]2CCCNC2)cc1. The highest BCUT2D eigenvalue weighted by molar-refractivity contribution is 7.89. The molecule has 0 saturated carbocycles. The number of carbonyl (C=O) groups excluding carboxylic acids is 1. The van der Waals surface area contributed by atoms with Gasteiger partial charge in [-0.15, -0.1) is 0 Å². The number of primary sulfonamides is 1. The summed E-state index contributed by atoms with van der Waals surface area (Å²) in [6.07, 6.45) is 1.86. The average molecular weight is 283 g/mol. The Labute approximate surface area is 112 Å². The van der Waals surface area contributed by atoms with Crippen LogP contribution in [-0.4, -0.2) is 27.4 Å². The number of amides is 1. The first-order valence-electron chi connectivity index (χ1n) is 6.11. The fourth-order valence-electron chi connectivity index (χ4n) is 2.05. The van der Waals surface area contributed by atoms with E-state index in [1.165, 1.54) is 24.3 Å². The van der Waals surface area contributed by atoms with Gasteiger partial charge >= 0.3 is 0 Å². The van der Waals surface area contributed by atoms with Gasteiger partial charge in [0.15, 0.2) is 0 Å². The van der Waals surface area contributed by atoms with Gasteiger partial charge in [-0.05, 0) is 43.7 Å². The predicted octanol–water partition coefficient (Wildman–Crippen LogP) is 0.272. The van der Waals surface area contributed by atoms with E-state index in [-0.39, 0.29) is 16.7 Å². The fraction of sp³-hybridized carbons (Fsp3) is 0.417. The van der Waals surface area contributed by atoms with Crippen LogP contribution in [0, 0.1) is 5.92 Å². The summed E-state index contributed by atoms with van der Waals surface area (Å²) in [6, 6.07) is 5.83. The molecule has 2 rings (SSSR count). The molecule has 104 valence electrons. The third kappa shape index (κ3) is 3.76. The summed E-state index contributed by atoms with van der Waals surface area (Å²) < 4.78 is 22.2. The first-order chi connectivity index (χ1) is 8.97. The van der Waals surface area contributed by atoms with Crippen LogP contribution < -0.4 is 15.8 Å². The Hall–Kier alpha value is -1.44. The molecule has 1 aliphatic heterocycles. The van der Waals surface area contributed by atoms with Gasteiger partial charge in [0, 0.05) is 12.2 Å². The third-order valence-corrected chi connectivity index (χ3v) is 4.05. The van der Waals surface area contributed by atoms with E-state index in [2.05, 4.69) is 10.6 Å². The van der Waals surface area contributed by atoms with Gasteiger partial charge in [0.1, 0.15) is 0 Å². The van der Waals surface area contributed by atoms with Crippen molar-refractivity contribution in [3.05, 3.63) is 24.3 Å². The number of hydrogen-bond donors (Lipinski definition) is 3. The second-order valence-electron chi connectivity index (χ2n) is 4.60. The molecular formula is C12H17N3O3S. The monoisotopic (exact) mass is 283 g/mol. The molecule has 4 N–H and O–H groups in total. The summed E-state index contributed by atoms with van der Waals surface area (Å²) in [4.78, 5) is 12.0. The van der Waals surface area contributed by atoms with E-state index in [0.29, 0.717) is 12.2 Å². The van der Waals surface area contributed by atoms with E-state index in [1.54, 1.807) is 0 Å². The van der Waals surface area contributed by atoms with Crippen LogP contribution in [0.3, 0.4) is 0 Å². The molecule has 1 saturated heterocycles. The Kier molecular flexibility index (Phi) is 4.18. The van der Waals surface area contributed by atoms with Crippen molar-refractivity contribution in [2.75, 3.05) is 18.4 Å². The summed E-state index contributed by atoms with van der Waals surface area (Å²) in [5.74, 6) is -0.0813. The molecule has 0 aliphatic carbocycles. The van der Waals surface area contributed by atoms with Gasteiger partial charge in [-0.2, -0.15) is 0 Å². The Morgan fingerprint density at radius 3 is 2.53 bits per heavy atom. The van der Waals surface area contributed by atoms with Crippen molar-refractivity contribution in [2.24, 2.45) is 11.1 Å². The Morgan fingerprint density at radius 2 is 2.00 bits per heavy atom. The Balaban J connectivity index is 2.01. The molecule has 1 atom stereocenters. The second kappa shape index (κ2) is 5.68. The minimum Gasteiger partial charge on any atom is -0.326 e. The van der Waals surface area contributed by atoms with Crippen LogP contribution in [0.25, 0.3) is 0 Å². The molecule has 19 heavy (non-hydrogen) atoms. The van der Waals surface area contributed by atoms with E-state index >= 15 is 0 Å². The topological polar surface area (TPSA) is 101 Å². The number of anilines is 1. The van der Waals surface area contributed by atoms with Gasteiger partial charge in [-0.3, -0.25) is 4.79 Å². The highest BCUT2D eigenvalue weighted by atomic mass is 32.2. The van der Waals surface area contributed by atoms with E-state index in [0.717, 1.165) is 19.4 Å². The maximum atomic E-state index is 12.0. The van der Waals surface area contributed by atoms with E-state index in [4.69, 9.17) is 5.14 Å². The number of benzene rings is 1. The van der Waals surface area contributed by atoms with Crippen molar-refractivity contribution < 1.29 is 13.2 Å². The minimum absolute atomic E-state index is 0.0323. The lowest BCUT2D eigenvalue weighted by atomic mass is 9.99. The number of nitrogens with one attached hydrogen (secondary N) is 2. The molecule has 6 nitrogen and oxygen atoms in total. The van der Waals surface area contributed by atoms with Crippen molar-refractivity contribution in [1.82, 2.24) is 5.32 Å². The molecule has 1 aromatic rings. The smallest absolute Gasteiger partial charge is 0.238 e. The lowest BCUT2D eigenvalue weighted by Gasteiger charge is -2.21. The maximum Gasteiger partial charge on any atom is 0.238 e. The van der Waals surface area contributed by atoms with Gasteiger partial charge in [0.25, 0.3) is 0 Å². The van der Waals surface area contributed by atoms with Crippen molar-refractivity contribution in [1.29, 1.82) is 0 Å². The molecule has 0 radical (unpaired) electrons. The maximum absolute atomic E-state index is 12.0. The average Bonchev–Trinajstić information content (AvgIpc) is 2.39. The Bertz CT molecular complexity index is 548. The van der Waals surface area contributed by atoms with Crippen LogP contribution in [0.15, 0.2) is 29.2 Å². The third-order valence-electron chi connectivity index (χ3n) is 3.12. The molecule has 1 aromatic carbocycles. The summed E-state index contributed by atoms with van der Waals surface area (Å²) in [5, 5.41) is 11.0. The highest BCUT2D eigenvalue weighted by Gasteiger charge is 2.20. The number of piperidine rings is 1. The van der Waals surface area contributed by atoms with Crippen LogP contribution in [0.1, 0.15) is 12.8 Å². The van der Waals surface area contributed by atoms with Crippen LogP contribution in [0.2, 0.25) is 0 Å². The summed E-state index contributed by atoms with van der Waals surface area (Å²) in [5.41, 5.74) is 0.572. The molecule has 1 amide bonds. The van der Waals surface area contributed by atoms with E-state index in [1.807, 2.05) is 0 Å². The van der Waals surface area contributed by atoms with Crippen molar-refractivity contribution in [3.63, 3.8) is 0 Å². The molecule has 1 aliphatic rings. The van der Waals surface area contributed by atoms with Crippen LogP contribution >= 0.6 is 0 Å². The van der Waals surface area contributed by atoms with Crippen molar-refractivity contribution >= 4 is 21.6 Å². The lowest BCUT2D eigenvalue weighted by molar-refractivity contribution is -0.120. The van der Waals surface area contributed by atoms with Crippen LogP contribution in [0.5, 0.6) is 0 Å². The summed E-state index contributed by atoms with van der Waals surface area (Å²) in [6.45, 7) is 1.63. The van der Waals surface area contributed by atoms with E-state index in [9.17, 15) is 13.2 Å². The van der Waals surface area contributed by atoms with Gasteiger partial charge < -0.3 is 10.6 Å². The van der Waals surface area contributed by atoms with Crippen molar-refractivity contribution in [3.8, 4) is 0 Å². The minimum atomic E-state index is -3.69. The number of sulfonamides is 1. The Morgan fingerprint density at radius 1 is 1.32 bits per heavy atom. The predicted molar refractivity (Wildman–Crippen MR) is 72.0 cm³/mol. The van der Waals surface area contributed by atoms with Crippen LogP contribution in [0.4, 0.5) is 5.69 Å². The zero-order chi connectivity index (χ0) is 13.9. The molecule has 0 bridgehead atoms. The molecule has 0 spiro atoms. The second-order valence-corrected chi connectivity index (χ2v) is 6.16. The molecular weight excluding hydrogens is 266 g/mol. The standard InChI is InChI=1S/C12H17N3O3S/c13-19(17,18)11-5-3-10(4-6-11)15-12(16)9-2-1-7-14-8-9/h3-6,9,14H,1-2,7-8H2,(H,15,16)(H2,13,17,18)/t9-/m1/s1. The van der Waals surface area contributed by atoms with Gasteiger partial charge in [0.05, 0.1) is 10.8 Å². The summed E-state index contributed by atoms with van der Waals surface area (Å²) >= 11 is 0. The van der Waals surface area contributed by atoms with Crippen molar-refractivity contribution in [2.45, 2.75) is 17.7 Å². The van der Waals surface area contributed by atoms with Gasteiger partial charge in [-0.25, -0.2) is 13.6 Å². The molecule has 1 fully saturated rings. The fourth-order valence-corrected chi connectivity index (χ4v) is 2.56. The lowest BCUT2D eigenvalue weighted by Crippen LogP contribution is -2.37. The number of hydrogen-bond acceptors (Lipinski definition) is 4. The first kappa shape index (κ1) is 14.0. The largest absolute Gasteiger partial charge is 0.326 e. The molecule has 1 heterocycles. The molecule has 7 heteroatoms. The first-order valence-corrected chi connectivity index (χ1v) is 7.66. The number of nitrogens with two attached hydrogens (primary N) is 1. The normalized spacial score (nSPS) is 19.9. The number of carbonyl (C=O) groups is 1. The van der Waals surface area contributed by atoms with Gasteiger partial charge in [0.2, 0.25) is 15.9 Å². The highest BCUT2D eigenvalue weighted by Crippen LogP contribution is 2.16. The molecule has 0 unspecified atom stereocenters. The summed E-state index contributed by atoms with van der Waals surface area (Å²) in [7, 11) is -3.69.